The first-order valence-electron chi connectivity index (χ1n) is 9.70. The highest BCUT2D eigenvalue weighted by Gasteiger charge is 2.29. The van der Waals surface area contributed by atoms with Crippen LogP contribution in [0.3, 0.4) is 0 Å². The molecule has 3 heterocycles. The molecular formula is C21H19N5O4S. The molecule has 0 saturated heterocycles. The van der Waals surface area contributed by atoms with Crippen molar-refractivity contribution in [1.29, 1.82) is 0 Å². The highest BCUT2D eigenvalue weighted by Crippen LogP contribution is 2.36. The third-order valence-corrected chi connectivity index (χ3v) is 6.07. The van der Waals surface area contributed by atoms with Crippen LogP contribution in [-0.4, -0.2) is 45.5 Å². The molecule has 158 valence electrons. The summed E-state index contributed by atoms with van der Waals surface area (Å²) in [5, 5.41) is 11.8. The number of benzene rings is 2. The molecule has 31 heavy (non-hydrogen) atoms. The number of nitrogens with zero attached hydrogens (tertiary/aromatic N) is 4. The summed E-state index contributed by atoms with van der Waals surface area (Å²) in [5.41, 5.74) is 1.32. The number of ether oxygens (including phenoxy) is 2. The van der Waals surface area contributed by atoms with Gasteiger partial charge in [0.15, 0.2) is 28.6 Å². The molecule has 0 unspecified atom stereocenters. The van der Waals surface area contributed by atoms with E-state index in [0.717, 1.165) is 0 Å². The number of aromatic nitrogens is 3. The lowest BCUT2D eigenvalue weighted by Crippen LogP contribution is -2.43. The molecule has 1 aromatic heterocycles. The minimum atomic E-state index is -0.393. The number of carbonyl (C=O) groups is 2. The van der Waals surface area contributed by atoms with Crippen molar-refractivity contribution in [1.82, 2.24) is 14.8 Å². The summed E-state index contributed by atoms with van der Waals surface area (Å²) in [6, 6.07) is 14.7. The Hall–Kier alpha value is -3.53. The Morgan fingerprint density at radius 3 is 2.81 bits per heavy atom. The fourth-order valence-corrected chi connectivity index (χ4v) is 4.33. The summed E-state index contributed by atoms with van der Waals surface area (Å²) in [5.74, 6) is 1.71. The first-order valence-corrected chi connectivity index (χ1v) is 10.7. The normalized spacial score (nSPS) is 17.1. The van der Waals surface area contributed by atoms with Crippen molar-refractivity contribution < 1.29 is 19.1 Å². The molecule has 1 atom stereocenters. The van der Waals surface area contributed by atoms with Crippen LogP contribution < -0.4 is 19.7 Å². The van der Waals surface area contributed by atoms with Gasteiger partial charge in [0.05, 0.1) is 17.1 Å². The van der Waals surface area contributed by atoms with Crippen molar-refractivity contribution in [2.45, 2.75) is 11.3 Å². The van der Waals surface area contributed by atoms with Crippen LogP contribution in [0.2, 0.25) is 0 Å². The molecule has 0 radical (unpaired) electrons. The maximum absolute atomic E-state index is 12.9. The molecule has 0 spiro atoms. The predicted octanol–water partition coefficient (Wildman–Crippen LogP) is 2.41. The van der Waals surface area contributed by atoms with Crippen LogP contribution in [0.25, 0.3) is 0 Å². The quantitative estimate of drug-likeness (QED) is 0.626. The van der Waals surface area contributed by atoms with E-state index in [9.17, 15) is 9.59 Å². The molecular weight excluding hydrogens is 418 g/mol. The van der Waals surface area contributed by atoms with Gasteiger partial charge in [-0.15, -0.1) is 10.2 Å². The third kappa shape index (κ3) is 3.70. The highest BCUT2D eigenvalue weighted by atomic mass is 32.2. The molecule has 2 aliphatic heterocycles. The minimum absolute atomic E-state index is 0.00681. The molecule has 0 bridgehead atoms. The second-order valence-electron chi connectivity index (χ2n) is 7.10. The number of amides is 2. The summed E-state index contributed by atoms with van der Waals surface area (Å²) >= 11 is 1.27. The van der Waals surface area contributed by atoms with Crippen LogP contribution in [0.5, 0.6) is 11.5 Å². The number of hydrogen-bond donors (Lipinski definition) is 1. The predicted molar refractivity (Wildman–Crippen MR) is 114 cm³/mol. The molecule has 10 heteroatoms. The summed E-state index contributed by atoms with van der Waals surface area (Å²) in [6.45, 7) is 0.319. The van der Waals surface area contributed by atoms with Crippen LogP contribution in [0, 0.1) is 0 Å². The van der Waals surface area contributed by atoms with Gasteiger partial charge in [0.25, 0.3) is 0 Å². The SMILES string of the molecule is Cn1c(SCC(=O)N2CC(=O)Nc3ccccc32)nnc1[C@H]1COc2ccccc2O1. The number of hydrogen-bond acceptors (Lipinski definition) is 7. The average Bonchev–Trinajstić information content (AvgIpc) is 3.16. The molecule has 3 aromatic rings. The van der Waals surface area contributed by atoms with Gasteiger partial charge in [0.1, 0.15) is 13.2 Å². The van der Waals surface area contributed by atoms with Gasteiger partial charge in [-0.3, -0.25) is 9.59 Å². The van der Waals surface area contributed by atoms with Gasteiger partial charge in [-0.05, 0) is 24.3 Å². The standard InChI is InChI=1S/C21H19N5O4S/c1-25-20(17-11-29-15-8-4-5-9-16(15)30-17)23-24-21(25)31-12-19(28)26-10-18(27)22-13-6-2-3-7-14(13)26/h2-9,17H,10-12H2,1H3,(H,22,27)/t17-/m1/s1. The number of para-hydroxylation sites is 4. The van der Waals surface area contributed by atoms with Crippen LogP contribution in [0.1, 0.15) is 11.9 Å². The van der Waals surface area contributed by atoms with Crippen molar-refractivity contribution in [3.63, 3.8) is 0 Å². The summed E-state index contributed by atoms with van der Waals surface area (Å²) in [6.07, 6.45) is -0.393. The second-order valence-corrected chi connectivity index (χ2v) is 8.04. The van der Waals surface area contributed by atoms with E-state index in [2.05, 4.69) is 15.5 Å². The Balaban J connectivity index is 1.28. The molecule has 1 N–H and O–H groups in total. The summed E-state index contributed by atoms with van der Waals surface area (Å²) < 4.78 is 13.6. The maximum Gasteiger partial charge on any atom is 0.244 e. The largest absolute Gasteiger partial charge is 0.485 e. The van der Waals surface area contributed by atoms with E-state index < -0.39 is 6.10 Å². The summed E-state index contributed by atoms with van der Waals surface area (Å²) in [7, 11) is 1.83. The number of nitrogens with one attached hydrogen (secondary N) is 1. The van der Waals surface area contributed by atoms with Crippen molar-refractivity contribution in [2.75, 3.05) is 29.1 Å². The van der Waals surface area contributed by atoms with Gasteiger partial charge >= 0.3 is 0 Å². The van der Waals surface area contributed by atoms with E-state index in [1.165, 1.54) is 16.7 Å². The fraction of sp³-hybridized carbons (Fsp3) is 0.238. The highest BCUT2D eigenvalue weighted by molar-refractivity contribution is 7.99. The first-order chi connectivity index (χ1) is 15.1. The zero-order valence-electron chi connectivity index (χ0n) is 16.6. The van der Waals surface area contributed by atoms with Gasteiger partial charge in [0, 0.05) is 7.05 Å². The monoisotopic (exact) mass is 437 g/mol. The smallest absolute Gasteiger partial charge is 0.244 e. The van der Waals surface area contributed by atoms with E-state index in [4.69, 9.17) is 9.47 Å². The van der Waals surface area contributed by atoms with Crippen LogP contribution in [-0.2, 0) is 16.6 Å². The van der Waals surface area contributed by atoms with Gasteiger partial charge in [-0.2, -0.15) is 0 Å². The Labute approximate surface area is 182 Å². The lowest BCUT2D eigenvalue weighted by atomic mass is 10.2. The number of anilines is 2. The molecule has 0 aliphatic carbocycles. The molecule has 2 aliphatic rings. The van der Waals surface area contributed by atoms with E-state index in [-0.39, 0.29) is 24.1 Å². The fourth-order valence-electron chi connectivity index (χ4n) is 3.54. The summed E-state index contributed by atoms with van der Waals surface area (Å²) in [4.78, 5) is 26.3. The zero-order valence-corrected chi connectivity index (χ0v) is 17.5. The van der Waals surface area contributed by atoms with Crippen molar-refractivity contribution in [3.8, 4) is 11.5 Å². The maximum atomic E-state index is 12.9. The Morgan fingerprint density at radius 1 is 1.16 bits per heavy atom. The van der Waals surface area contributed by atoms with Crippen molar-refractivity contribution in [2.24, 2.45) is 7.05 Å². The number of thioether (sulfide) groups is 1. The topological polar surface area (TPSA) is 98.6 Å². The zero-order chi connectivity index (χ0) is 21.4. The van der Waals surface area contributed by atoms with E-state index in [1.807, 2.05) is 49.5 Å². The molecule has 2 amide bonds. The molecule has 0 saturated carbocycles. The molecule has 9 nitrogen and oxygen atoms in total. The van der Waals surface area contributed by atoms with E-state index in [0.29, 0.717) is 40.5 Å². The lowest BCUT2D eigenvalue weighted by Gasteiger charge is -2.29. The van der Waals surface area contributed by atoms with Gasteiger partial charge < -0.3 is 24.3 Å². The van der Waals surface area contributed by atoms with Gasteiger partial charge in [-0.1, -0.05) is 36.0 Å². The van der Waals surface area contributed by atoms with Crippen molar-refractivity contribution in [3.05, 3.63) is 54.4 Å². The number of rotatable bonds is 4. The first kappa shape index (κ1) is 19.4. The minimum Gasteiger partial charge on any atom is -0.485 e. The van der Waals surface area contributed by atoms with Crippen molar-refractivity contribution >= 4 is 35.0 Å². The average molecular weight is 437 g/mol. The Kier molecular flexibility index (Phi) is 4.99. The number of carbonyl (C=O) groups excluding carboxylic acids is 2. The van der Waals surface area contributed by atoms with E-state index >= 15 is 0 Å². The molecule has 5 rings (SSSR count). The van der Waals surface area contributed by atoms with E-state index in [1.54, 1.807) is 10.6 Å². The van der Waals surface area contributed by atoms with Crippen LogP contribution in [0.15, 0.2) is 53.7 Å². The molecule has 2 aromatic carbocycles. The second kappa shape index (κ2) is 7.95. The van der Waals surface area contributed by atoms with Gasteiger partial charge in [-0.25, -0.2) is 0 Å². The Morgan fingerprint density at radius 2 is 1.94 bits per heavy atom. The third-order valence-electron chi connectivity index (χ3n) is 5.06. The lowest BCUT2D eigenvalue weighted by molar-refractivity contribution is -0.120. The van der Waals surface area contributed by atoms with Crippen LogP contribution in [0.4, 0.5) is 11.4 Å². The Bertz CT molecular complexity index is 1160. The molecule has 0 fully saturated rings. The van der Waals surface area contributed by atoms with Gasteiger partial charge in [0.2, 0.25) is 11.8 Å². The number of fused-ring (bicyclic) bond motifs is 2. The van der Waals surface area contributed by atoms with Crippen LogP contribution >= 0.6 is 11.8 Å².